The Hall–Kier alpha value is -2.16. The molecule has 3 heterocycles. The van der Waals surface area contributed by atoms with Gasteiger partial charge in [0, 0.05) is 23.3 Å². The summed E-state index contributed by atoms with van der Waals surface area (Å²) in [6.07, 6.45) is 5.00. The fraction of sp³-hybridized carbons (Fsp3) is 0. The lowest BCUT2D eigenvalue weighted by molar-refractivity contribution is 1.86. The summed E-state index contributed by atoms with van der Waals surface area (Å²) in [5.41, 5.74) is 0. The molecule has 3 aromatic carbocycles. The molecule has 0 spiro atoms. The first kappa shape index (κ1) is 17.7. The molecule has 140 valence electrons. The molecular weight excluding hydrogens is 427 g/mol. The van der Waals surface area contributed by atoms with Crippen LogP contribution in [0.5, 0.6) is 0 Å². The molecule has 6 aromatic rings. The van der Waals surface area contributed by atoms with Crippen molar-refractivity contribution >= 4 is 92.0 Å². The fourth-order valence-electron chi connectivity index (χ4n) is 3.87. The topological polar surface area (TPSA) is 0 Å². The Morgan fingerprint density at radius 3 is 1.79 bits per heavy atom. The minimum absolute atomic E-state index is 1.32. The first-order chi connectivity index (χ1) is 14.2. The van der Waals surface area contributed by atoms with Crippen molar-refractivity contribution in [1.29, 1.82) is 0 Å². The molecule has 0 unspecified atom stereocenters. The smallest absolute Gasteiger partial charge is 0.0373 e. The number of rotatable bonds is 3. The second-order valence-electron chi connectivity index (χ2n) is 7.20. The third kappa shape index (κ3) is 2.77. The van der Waals surface area contributed by atoms with Crippen molar-refractivity contribution in [3.8, 4) is 0 Å². The zero-order valence-corrected chi connectivity index (χ0v) is 18.9. The van der Waals surface area contributed by atoms with Gasteiger partial charge in [-0.15, -0.1) is 34.0 Å². The number of fused-ring (bicyclic) bond motifs is 3. The Kier molecular flexibility index (Phi) is 4.07. The maximum absolute atomic E-state index is 5.00. The van der Waals surface area contributed by atoms with Gasteiger partial charge in [0.1, 0.15) is 0 Å². The van der Waals surface area contributed by atoms with Crippen LogP contribution >= 0.6 is 40.9 Å². The van der Waals surface area contributed by atoms with Gasteiger partial charge in [-0.2, -0.15) is 0 Å². The van der Waals surface area contributed by atoms with Crippen molar-refractivity contribution in [2.24, 2.45) is 0 Å². The van der Waals surface area contributed by atoms with Crippen LogP contribution in [-0.2, 0) is 0 Å². The van der Waals surface area contributed by atoms with E-state index in [9.17, 15) is 0 Å². The van der Waals surface area contributed by atoms with Crippen LogP contribution in [0.4, 0.5) is 0 Å². The van der Waals surface area contributed by atoms with Gasteiger partial charge in [0.2, 0.25) is 0 Å². The highest BCUT2D eigenvalue weighted by atomic mass is 32.1. The summed E-state index contributed by atoms with van der Waals surface area (Å²) in [4.78, 5) is 0. The number of benzene rings is 3. The van der Waals surface area contributed by atoms with Crippen LogP contribution in [0.2, 0.25) is 0 Å². The molecule has 0 saturated carbocycles. The van der Waals surface area contributed by atoms with Gasteiger partial charge in [-0.25, -0.2) is 0 Å². The molecule has 0 aliphatic rings. The van der Waals surface area contributed by atoms with E-state index in [1.165, 1.54) is 44.8 Å². The summed E-state index contributed by atoms with van der Waals surface area (Å²) < 4.78 is 6.83. The van der Waals surface area contributed by atoms with E-state index in [4.69, 9.17) is 6.30 Å². The van der Waals surface area contributed by atoms with E-state index < -0.39 is 6.89 Å². The molecule has 0 saturated heterocycles. The quantitative estimate of drug-likeness (QED) is 0.256. The van der Waals surface area contributed by atoms with Crippen molar-refractivity contribution in [3.05, 3.63) is 90.3 Å². The molecule has 0 fully saturated rings. The van der Waals surface area contributed by atoms with Gasteiger partial charge in [-0.3, -0.25) is 0 Å². The summed E-state index contributed by atoms with van der Waals surface area (Å²) in [5, 5.41) is 7.50. The third-order valence-corrected chi connectivity index (χ3v) is 13.5. The van der Waals surface area contributed by atoms with Crippen LogP contribution in [0.3, 0.4) is 0 Å². The molecule has 4 heteroatoms. The molecule has 0 amide bonds. The average Bonchev–Trinajstić information content (AvgIpc) is 3.49. The lowest BCUT2D eigenvalue weighted by Gasteiger charge is -2.23. The van der Waals surface area contributed by atoms with E-state index >= 15 is 0 Å². The maximum atomic E-state index is 5.00. The largest absolute Gasteiger partial charge is 0.144 e. The molecule has 3 aromatic heterocycles. The standard InChI is InChI=1S/C25H17PS3/c1-26(20-10-11-21-19(14-20)12-13-27-21,24-15-17-6-2-4-8-22(17)28-24)25-16-18-7-3-5-9-23(18)29-25/h2-16H,1H2. The minimum Gasteiger partial charge on any atom is -0.144 e. The van der Waals surface area contributed by atoms with Gasteiger partial charge >= 0.3 is 0 Å². The van der Waals surface area contributed by atoms with E-state index in [2.05, 4.69) is 90.3 Å². The average molecular weight is 445 g/mol. The first-order valence-electron chi connectivity index (χ1n) is 9.41. The van der Waals surface area contributed by atoms with Crippen molar-refractivity contribution in [2.75, 3.05) is 0 Å². The van der Waals surface area contributed by atoms with Crippen molar-refractivity contribution < 1.29 is 0 Å². The summed E-state index contributed by atoms with van der Waals surface area (Å²) in [5.74, 6) is 0. The highest BCUT2D eigenvalue weighted by Crippen LogP contribution is 2.48. The molecule has 0 atom stereocenters. The van der Waals surface area contributed by atoms with E-state index in [-0.39, 0.29) is 0 Å². The van der Waals surface area contributed by atoms with Crippen molar-refractivity contribution in [2.45, 2.75) is 0 Å². The van der Waals surface area contributed by atoms with Gasteiger partial charge in [-0.1, -0.05) is 48.8 Å². The first-order valence-corrected chi connectivity index (χ1v) is 13.9. The predicted molar refractivity (Wildman–Crippen MR) is 138 cm³/mol. The molecular formula is C25H17PS3. The van der Waals surface area contributed by atoms with Crippen LogP contribution in [-0.4, -0.2) is 6.30 Å². The van der Waals surface area contributed by atoms with E-state index in [1.54, 1.807) is 11.3 Å². The Labute approximate surface area is 181 Å². The predicted octanol–water partition coefficient (Wildman–Crippen LogP) is 7.06. The molecule has 0 aliphatic heterocycles. The third-order valence-electron chi connectivity index (χ3n) is 5.45. The molecule has 0 N–H and O–H groups in total. The van der Waals surface area contributed by atoms with Crippen molar-refractivity contribution in [1.82, 2.24) is 0 Å². The Bertz CT molecular complexity index is 1390. The summed E-state index contributed by atoms with van der Waals surface area (Å²) in [6, 6.07) is 31.3. The second-order valence-corrected chi connectivity index (χ2v) is 14.0. The van der Waals surface area contributed by atoms with Crippen molar-refractivity contribution in [3.63, 3.8) is 0 Å². The number of thiophene rings is 3. The Morgan fingerprint density at radius 1 is 0.586 bits per heavy atom. The van der Waals surface area contributed by atoms with Gasteiger partial charge < -0.3 is 0 Å². The van der Waals surface area contributed by atoms with Gasteiger partial charge in [0.05, 0.1) is 0 Å². The Morgan fingerprint density at radius 2 is 1.17 bits per heavy atom. The van der Waals surface area contributed by atoms with Crippen LogP contribution in [0.1, 0.15) is 0 Å². The van der Waals surface area contributed by atoms with Gasteiger partial charge in [0.25, 0.3) is 0 Å². The number of hydrogen-bond donors (Lipinski definition) is 0. The normalized spacial score (nSPS) is 12.3. The van der Waals surface area contributed by atoms with E-state index in [0.29, 0.717) is 0 Å². The molecule has 0 radical (unpaired) electrons. The molecule has 0 aliphatic carbocycles. The molecule has 0 nitrogen and oxygen atoms in total. The van der Waals surface area contributed by atoms with E-state index in [0.717, 1.165) is 0 Å². The van der Waals surface area contributed by atoms with Crippen LogP contribution < -0.4 is 14.5 Å². The minimum atomic E-state index is -1.96. The second kappa shape index (κ2) is 6.68. The highest BCUT2D eigenvalue weighted by molar-refractivity contribution is 7.99. The maximum Gasteiger partial charge on any atom is 0.0373 e. The summed E-state index contributed by atoms with van der Waals surface area (Å²) in [6.45, 7) is -1.96. The number of hydrogen-bond acceptors (Lipinski definition) is 3. The Balaban J connectivity index is 1.67. The molecule has 29 heavy (non-hydrogen) atoms. The zero-order valence-electron chi connectivity index (χ0n) is 15.5. The van der Waals surface area contributed by atoms with Crippen LogP contribution in [0, 0.1) is 0 Å². The zero-order chi connectivity index (χ0) is 19.4. The van der Waals surface area contributed by atoms with E-state index in [1.807, 2.05) is 22.7 Å². The van der Waals surface area contributed by atoms with Gasteiger partial charge in [0.15, 0.2) is 0 Å². The van der Waals surface area contributed by atoms with Crippen LogP contribution in [0.25, 0.3) is 30.3 Å². The van der Waals surface area contributed by atoms with Gasteiger partial charge in [-0.05, 0) is 76.2 Å². The molecule has 0 bridgehead atoms. The summed E-state index contributed by atoms with van der Waals surface area (Å²) >= 11 is 5.62. The highest BCUT2D eigenvalue weighted by Gasteiger charge is 2.27. The lowest BCUT2D eigenvalue weighted by atomic mass is 10.3. The van der Waals surface area contributed by atoms with Crippen LogP contribution in [0.15, 0.2) is 90.3 Å². The molecule has 6 rings (SSSR count). The fourth-order valence-corrected chi connectivity index (χ4v) is 11.6. The lowest BCUT2D eigenvalue weighted by Crippen LogP contribution is -2.21. The SMILES string of the molecule is C=P(c1ccc2sccc2c1)(c1cc2ccccc2s1)c1cc2ccccc2s1. The summed E-state index contributed by atoms with van der Waals surface area (Å²) in [7, 11) is 0. The monoisotopic (exact) mass is 444 g/mol.